The topological polar surface area (TPSA) is 84.2 Å². The maximum Gasteiger partial charge on any atom is 0.161 e. The second-order valence-corrected chi connectivity index (χ2v) is 3.04. The first-order chi connectivity index (χ1) is 7.25. The number of nitrogen functional groups attached to an aromatic ring is 1. The zero-order valence-corrected chi connectivity index (χ0v) is 7.97. The summed E-state index contributed by atoms with van der Waals surface area (Å²) in [5.41, 5.74) is 5.45. The molecule has 0 saturated heterocycles. The zero-order chi connectivity index (χ0) is 10.7. The number of aromatic amines is 1. The number of anilines is 1. The molecule has 0 saturated carbocycles. The minimum atomic E-state index is 0.108. The average Bonchev–Trinajstić information content (AvgIpc) is 2.63. The first-order valence-corrected chi connectivity index (χ1v) is 4.46. The van der Waals surface area contributed by atoms with Crippen LogP contribution < -0.4 is 10.5 Å². The maximum atomic E-state index is 9.41. The van der Waals surface area contributed by atoms with Crippen LogP contribution in [0.2, 0.25) is 0 Å². The summed E-state index contributed by atoms with van der Waals surface area (Å²) >= 11 is 0. The standard InChI is InChI=1S/C10H11N3O2/c11-9-5-12-10(13-9)6-15-8-4-2-1-3-7(8)14/h1-5,14H,6,11H2,(H,12,13). The van der Waals surface area contributed by atoms with Crippen LogP contribution in [0, 0.1) is 0 Å². The number of benzene rings is 1. The number of phenolic OH excluding ortho intramolecular Hbond substituents is 1. The van der Waals surface area contributed by atoms with Crippen molar-refractivity contribution < 1.29 is 9.84 Å². The molecule has 0 aliphatic heterocycles. The van der Waals surface area contributed by atoms with Crippen molar-refractivity contribution in [3.63, 3.8) is 0 Å². The number of nitrogens with one attached hydrogen (secondary N) is 1. The second kappa shape index (κ2) is 3.91. The van der Waals surface area contributed by atoms with Gasteiger partial charge in [-0.25, -0.2) is 4.98 Å². The van der Waals surface area contributed by atoms with Gasteiger partial charge in [-0.3, -0.25) is 0 Å². The molecule has 1 aromatic carbocycles. The Hall–Kier alpha value is -2.17. The molecule has 0 aliphatic carbocycles. The summed E-state index contributed by atoms with van der Waals surface area (Å²) in [6, 6.07) is 6.76. The number of nitrogens with zero attached hydrogens (tertiary/aromatic N) is 1. The largest absolute Gasteiger partial charge is 0.504 e. The summed E-state index contributed by atoms with van der Waals surface area (Å²) in [6.07, 6.45) is 1.52. The van der Waals surface area contributed by atoms with Crippen molar-refractivity contribution >= 4 is 5.82 Å². The molecule has 5 nitrogen and oxygen atoms in total. The summed E-state index contributed by atoms with van der Waals surface area (Å²) < 4.78 is 5.34. The summed E-state index contributed by atoms with van der Waals surface area (Å²) in [7, 11) is 0. The van der Waals surface area contributed by atoms with E-state index in [1.165, 1.54) is 6.20 Å². The average molecular weight is 205 g/mol. The summed E-state index contributed by atoms with van der Waals surface area (Å²) in [5, 5.41) is 9.41. The van der Waals surface area contributed by atoms with Crippen LogP contribution in [0.25, 0.3) is 0 Å². The molecule has 1 heterocycles. The lowest BCUT2D eigenvalue weighted by Crippen LogP contribution is -1.97. The molecule has 0 amide bonds. The fourth-order valence-electron chi connectivity index (χ4n) is 1.18. The summed E-state index contributed by atoms with van der Waals surface area (Å²) in [5.74, 6) is 1.64. The highest BCUT2D eigenvalue weighted by Gasteiger charge is 2.02. The van der Waals surface area contributed by atoms with Gasteiger partial charge in [0.1, 0.15) is 18.2 Å². The molecule has 0 spiro atoms. The Bertz CT molecular complexity index is 453. The predicted octanol–water partition coefficient (Wildman–Crippen LogP) is 1.28. The Morgan fingerprint density at radius 2 is 2.20 bits per heavy atom. The molecule has 0 atom stereocenters. The first-order valence-electron chi connectivity index (χ1n) is 4.46. The highest BCUT2D eigenvalue weighted by Crippen LogP contribution is 2.24. The monoisotopic (exact) mass is 205 g/mol. The van der Waals surface area contributed by atoms with Gasteiger partial charge in [0, 0.05) is 0 Å². The number of hydrogen-bond donors (Lipinski definition) is 3. The van der Waals surface area contributed by atoms with E-state index in [0.717, 1.165) is 0 Å². The number of H-pyrrole nitrogens is 1. The first kappa shape index (κ1) is 9.39. The third-order valence-electron chi connectivity index (χ3n) is 1.88. The van der Waals surface area contributed by atoms with E-state index in [-0.39, 0.29) is 12.4 Å². The molecule has 78 valence electrons. The Kier molecular flexibility index (Phi) is 2.45. The van der Waals surface area contributed by atoms with Crippen LogP contribution in [0.1, 0.15) is 5.82 Å². The Labute approximate surface area is 86.5 Å². The highest BCUT2D eigenvalue weighted by molar-refractivity contribution is 5.38. The number of para-hydroxylation sites is 2. The van der Waals surface area contributed by atoms with E-state index < -0.39 is 0 Å². The number of rotatable bonds is 3. The van der Waals surface area contributed by atoms with Crippen LogP contribution in [-0.2, 0) is 6.61 Å². The van der Waals surface area contributed by atoms with Crippen LogP contribution in [0.15, 0.2) is 30.5 Å². The van der Waals surface area contributed by atoms with Crippen LogP contribution in [0.3, 0.4) is 0 Å². The number of imidazole rings is 1. The van der Waals surface area contributed by atoms with Gasteiger partial charge in [0.15, 0.2) is 11.5 Å². The molecular weight excluding hydrogens is 194 g/mol. The molecule has 2 aromatic rings. The molecule has 1 aromatic heterocycles. The van der Waals surface area contributed by atoms with Crippen molar-refractivity contribution in [1.82, 2.24) is 9.97 Å². The van der Waals surface area contributed by atoms with Gasteiger partial charge in [-0.2, -0.15) is 0 Å². The van der Waals surface area contributed by atoms with Crippen molar-refractivity contribution in [1.29, 1.82) is 0 Å². The predicted molar refractivity (Wildman–Crippen MR) is 55.4 cm³/mol. The van der Waals surface area contributed by atoms with E-state index in [2.05, 4.69) is 9.97 Å². The summed E-state index contributed by atoms with van der Waals surface area (Å²) in [4.78, 5) is 6.80. The van der Waals surface area contributed by atoms with Gasteiger partial charge >= 0.3 is 0 Å². The summed E-state index contributed by atoms with van der Waals surface area (Å²) in [6.45, 7) is 0.245. The lowest BCUT2D eigenvalue weighted by atomic mass is 10.3. The highest BCUT2D eigenvalue weighted by atomic mass is 16.5. The molecular formula is C10H11N3O2. The minimum absolute atomic E-state index is 0.108. The number of nitrogens with two attached hydrogens (primary N) is 1. The lowest BCUT2D eigenvalue weighted by molar-refractivity contribution is 0.281. The third kappa shape index (κ3) is 2.19. The van der Waals surface area contributed by atoms with E-state index in [1.807, 2.05) is 0 Å². The van der Waals surface area contributed by atoms with Gasteiger partial charge in [-0.1, -0.05) is 12.1 Å². The fourth-order valence-corrected chi connectivity index (χ4v) is 1.18. The van der Waals surface area contributed by atoms with Gasteiger partial charge in [-0.05, 0) is 12.1 Å². The van der Waals surface area contributed by atoms with Gasteiger partial charge in [0.25, 0.3) is 0 Å². The quantitative estimate of drug-likeness (QED) is 0.704. The van der Waals surface area contributed by atoms with Crippen LogP contribution in [0.5, 0.6) is 11.5 Å². The maximum absolute atomic E-state index is 9.41. The van der Waals surface area contributed by atoms with Crippen molar-refractivity contribution in [3.8, 4) is 11.5 Å². The Morgan fingerprint density at radius 3 is 2.87 bits per heavy atom. The Balaban J connectivity index is 2.02. The fraction of sp³-hybridized carbons (Fsp3) is 0.100. The molecule has 0 radical (unpaired) electrons. The van der Waals surface area contributed by atoms with Crippen molar-refractivity contribution in [2.75, 3.05) is 5.73 Å². The molecule has 4 N–H and O–H groups in total. The third-order valence-corrected chi connectivity index (χ3v) is 1.88. The number of ether oxygens (including phenoxy) is 1. The number of aromatic nitrogens is 2. The van der Waals surface area contributed by atoms with Crippen LogP contribution in [0.4, 0.5) is 5.82 Å². The van der Waals surface area contributed by atoms with Gasteiger partial charge < -0.3 is 20.6 Å². The van der Waals surface area contributed by atoms with E-state index in [4.69, 9.17) is 10.5 Å². The Morgan fingerprint density at radius 1 is 1.40 bits per heavy atom. The number of hydrogen-bond acceptors (Lipinski definition) is 4. The lowest BCUT2D eigenvalue weighted by Gasteiger charge is -2.05. The molecule has 0 unspecified atom stereocenters. The SMILES string of the molecule is Nc1cnc(COc2ccccc2O)[nH]1. The van der Waals surface area contributed by atoms with Crippen LogP contribution in [-0.4, -0.2) is 15.1 Å². The van der Waals surface area contributed by atoms with Gasteiger partial charge in [0.05, 0.1) is 6.20 Å². The van der Waals surface area contributed by atoms with Crippen molar-refractivity contribution in [2.45, 2.75) is 6.61 Å². The molecule has 5 heteroatoms. The smallest absolute Gasteiger partial charge is 0.161 e. The van der Waals surface area contributed by atoms with E-state index in [0.29, 0.717) is 17.4 Å². The normalized spacial score (nSPS) is 10.1. The van der Waals surface area contributed by atoms with Gasteiger partial charge in [-0.15, -0.1) is 0 Å². The number of aromatic hydroxyl groups is 1. The zero-order valence-electron chi connectivity index (χ0n) is 7.97. The molecule has 0 fully saturated rings. The van der Waals surface area contributed by atoms with E-state index in [1.54, 1.807) is 24.3 Å². The van der Waals surface area contributed by atoms with Crippen molar-refractivity contribution in [2.24, 2.45) is 0 Å². The van der Waals surface area contributed by atoms with E-state index >= 15 is 0 Å². The molecule has 0 bridgehead atoms. The minimum Gasteiger partial charge on any atom is -0.504 e. The van der Waals surface area contributed by atoms with Crippen LogP contribution >= 0.6 is 0 Å². The van der Waals surface area contributed by atoms with E-state index in [9.17, 15) is 5.11 Å². The van der Waals surface area contributed by atoms with Gasteiger partial charge in [0.2, 0.25) is 0 Å². The number of phenols is 1. The molecule has 2 rings (SSSR count). The molecule has 15 heavy (non-hydrogen) atoms. The van der Waals surface area contributed by atoms with Crippen molar-refractivity contribution in [3.05, 3.63) is 36.3 Å². The molecule has 0 aliphatic rings. The second-order valence-electron chi connectivity index (χ2n) is 3.04.